The Morgan fingerprint density at radius 3 is 2.93 bits per heavy atom. The first-order valence-corrected chi connectivity index (χ1v) is 4.69. The second-order valence-electron chi connectivity index (χ2n) is 2.23. The molecular formula is C9H5BrClNO2. The molecule has 0 atom stereocenters. The Morgan fingerprint density at radius 1 is 1.64 bits per heavy atom. The smallest absolute Gasteiger partial charge is 0.410 e. The molecule has 0 aliphatic heterocycles. The zero-order valence-electron chi connectivity index (χ0n) is 6.88. The lowest BCUT2D eigenvalue weighted by Gasteiger charge is -2.03. The molecule has 72 valence electrons. The molecule has 0 fully saturated rings. The maximum Gasteiger partial charge on any atom is 0.424 e. The summed E-state index contributed by atoms with van der Waals surface area (Å²) in [7, 11) is 0. The van der Waals surface area contributed by atoms with Crippen LogP contribution >= 0.6 is 27.5 Å². The van der Waals surface area contributed by atoms with Gasteiger partial charge in [-0.15, -0.1) is 0 Å². The van der Waals surface area contributed by atoms with Gasteiger partial charge in [-0.1, -0.05) is 18.0 Å². The average molecular weight is 275 g/mol. The summed E-state index contributed by atoms with van der Waals surface area (Å²) >= 11 is 8.98. The summed E-state index contributed by atoms with van der Waals surface area (Å²) in [5.41, 5.74) is 0. The zero-order valence-corrected chi connectivity index (χ0v) is 9.22. The van der Waals surface area contributed by atoms with Crippen molar-refractivity contribution in [3.8, 4) is 18.2 Å². The summed E-state index contributed by atoms with van der Waals surface area (Å²) in [6.07, 6.45) is 4.12. The van der Waals surface area contributed by atoms with E-state index in [9.17, 15) is 4.79 Å². The third-order valence-electron chi connectivity index (χ3n) is 1.28. The first-order chi connectivity index (χ1) is 6.63. The minimum Gasteiger partial charge on any atom is -0.410 e. The molecule has 0 aromatic heterocycles. The number of nitrogens with one attached hydrogen (secondary N) is 1. The molecule has 0 aliphatic rings. The van der Waals surface area contributed by atoms with E-state index in [4.69, 9.17) is 22.8 Å². The number of carbonyl (C=O) groups is 1. The van der Waals surface area contributed by atoms with Crippen molar-refractivity contribution < 1.29 is 9.53 Å². The highest BCUT2D eigenvalue weighted by Crippen LogP contribution is 2.26. The molecule has 3 nitrogen and oxygen atoms in total. The van der Waals surface area contributed by atoms with Gasteiger partial charge in [0.2, 0.25) is 0 Å². The summed E-state index contributed by atoms with van der Waals surface area (Å²) < 4.78 is 5.52. The lowest BCUT2D eigenvalue weighted by molar-refractivity contribution is 0.205. The molecule has 14 heavy (non-hydrogen) atoms. The van der Waals surface area contributed by atoms with E-state index >= 15 is 0 Å². The van der Waals surface area contributed by atoms with Gasteiger partial charge in [0.05, 0.1) is 5.02 Å². The van der Waals surface area contributed by atoms with Gasteiger partial charge in [0.15, 0.2) is 0 Å². The molecule has 1 rings (SSSR count). The van der Waals surface area contributed by atoms with Crippen LogP contribution in [0.25, 0.3) is 0 Å². The molecule has 0 spiro atoms. The van der Waals surface area contributed by atoms with Gasteiger partial charge in [-0.25, -0.2) is 10.1 Å². The number of carbonyl (C=O) groups excluding carboxylic acids is 1. The molecule has 0 saturated carbocycles. The number of terminal acetylenes is 1. The van der Waals surface area contributed by atoms with Crippen LogP contribution in [0.5, 0.6) is 5.75 Å². The quantitative estimate of drug-likeness (QED) is 0.632. The SMILES string of the molecule is C#CNC(=O)Oc1ccc(Br)c(Cl)c1. The van der Waals surface area contributed by atoms with Crippen LogP contribution in [0.3, 0.4) is 0 Å². The van der Waals surface area contributed by atoms with Crippen molar-refractivity contribution in [2.45, 2.75) is 0 Å². The Hall–Kier alpha value is -1.18. The highest BCUT2D eigenvalue weighted by Gasteiger charge is 2.04. The monoisotopic (exact) mass is 273 g/mol. The van der Waals surface area contributed by atoms with Crippen LogP contribution in [0.4, 0.5) is 4.79 Å². The lowest BCUT2D eigenvalue weighted by atomic mass is 10.3. The van der Waals surface area contributed by atoms with Gasteiger partial charge in [0.1, 0.15) is 5.75 Å². The molecule has 0 radical (unpaired) electrons. The fourth-order valence-corrected chi connectivity index (χ4v) is 1.15. The van der Waals surface area contributed by atoms with Gasteiger partial charge in [0, 0.05) is 16.6 Å². The van der Waals surface area contributed by atoms with Crippen molar-refractivity contribution in [1.29, 1.82) is 0 Å². The Balaban J connectivity index is 2.74. The van der Waals surface area contributed by atoms with E-state index < -0.39 is 6.09 Å². The largest absolute Gasteiger partial charge is 0.424 e. The Morgan fingerprint density at radius 2 is 2.36 bits per heavy atom. The van der Waals surface area contributed by atoms with Gasteiger partial charge >= 0.3 is 6.09 Å². The van der Waals surface area contributed by atoms with E-state index in [1.807, 2.05) is 11.4 Å². The van der Waals surface area contributed by atoms with Crippen molar-refractivity contribution in [2.24, 2.45) is 0 Å². The Kier molecular flexibility index (Phi) is 3.81. The second kappa shape index (κ2) is 4.89. The first-order valence-electron chi connectivity index (χ1n) is 3.52. The molecule has 1 N–H and O–H groups in total. The zero-order chi connectivity index (χ0) is 10.6. The third kappa shape index (κ3) is 2.95. The van der Waals surface area contributed by atoms with E-state index in [2.05, 4.69) is 15.9 Å². The van der Waals surface area contributed by atoms with Crippen LogP contribution in [-0.4, -0.2) is 6.09 Å². The van der Waals surface area contributed by atoms with Gasteiger partial charge in [0.25, 0.3) is 0 Å². The summed E-state index contributed by atoms with van der Waals surface area (Å²) in [5.74, 6) is 0.325. The van der Waals surface area contributed by atoms with E-state index in [1.54, 1.807) is 12.1 Å². The van der Waals surface area contributed by atoms with Crippen LogP contribution < -0.4 is 10.1 Å². The highest BCUT2D eigenvalue weighted by atomic mass is 79.9. The topological polar surface area (TPSA) is 38.3 Å². The van der Waals surface area contributed by atoms with Gasteiger partial charge in [-0.2, -0.15) is 0 Å². The Bertz CT molecular complexity index is 400. The number of benzene rings is 1. The van der Waals surface area contributed by atoms with Crippen molar-refractivity contribution in [1.82, 2.24) is 5.32 Å². The van der Waals surface area contributed by atoms with Crippen LogP contribution in [0.2, 0.25) is 5.02 Å². The predicted molar refractivity (Wildman–Crippen MR) is 57.1 cm³/mol. The van der Waals surface area contributed by atoms with Crippen molar-refractivity contribution in [3.05, 3.63) is 27.7 Å². The van der Waals surface area contributed by atoms with Crippen molar-refractivity contribution in [2.75, 3.05) is 0 Å². The van der Waals surface area contributed by atoms with E-state index in [0.717, 1.165) is 4.47 Å². The average Bonchev–Trinajstić information content (AvgIpc) is 2.12. The maximum atomic E-state index is 10.9. The molecule has 1 aromatic rings. The number of hydrogen-bond donors (Lipinski definition) is 1. The molecule has 0 bridgehead atoms. The maximum absolute atomic E-state index is 10.9. The third-order valence-corrected chi connectivity index (χ3v) is 2.51. The summed E-state index contributed by atoms with van der Waals surface area (Å²) in [5, 5.41) is 2.49. The van der Waals surface area contributed by atoms with E-state index in [1.165, 1.54) is 6.07 Å². The van der Waals surface area contributed by atoms with Crippen LogP contribution in [0.15, 0.2) is 22.7 Å². The molecule has 0 heterocycles. The Labute approximate surface area is 94.5 Å². The van der Waals surface area contributed by atoms with Crippen molar-refractivity contribution >= 4 is 33.6 Å². The number of rotatable bonds is 1. The molecular weight excluding hydrogens is 269 g/mol. The van der Waals surface area contributed by atoms with Gasteiger partial charge < -0.3 is 4.74 Å². The highest BCUT2D eigenvalue weighted by molar-refractivity contribution is 9.10. The standard InChI is InChI=1S/C9H5BrClNO2/c1-2-12-9(13)14-6-3-4-7(10)8(11)5-6/h1,3-5H,(H,12,13). The van der Waals surface area contributed by atoms with E-state index in [0.29, 0.717) is 10.8 Å². The van der Waals surface area contributed by atoms with Gasteiger partial charge in [-0.3, -0.25) is 0 Å². The molecule has 5 heteroatoms. The normalized spacial score (nSPS) is 8.93. The van der Waals surface area contributed by atoms with Crippen LogP contribution in [0, 0.1) is 12.5 Å². The van der Waals surface area contributed by atoms with Crippen LogP contribution in [-0.2, 0) is 0 Å². The molecule has 0 aliphatic carbocycles. The van der Waals surface area contributed by atoms with Gasteiger partial charge in [-0.05, 0) is 28.1 Å². The van der Waals surface area contributed by atoms with E-state index in [-0.39, 0.29) is 0 Å². The minimum atomic E-state index is -0.717. The molecule has 0 saturated heterocycles. The summed E-state index contributed by atoms with van der Waals surface area (Å²) in [6.45, 7) is 0. The van der Waals surface area contributed by atoms with Crippen molar-refractivity contribution in [3.63, 3.8) is 0 Å². The lowest BCUT2D eigenvalue weighted by Crippen LogP contribution is -2.21. The summed E-state index contributed by atoms with van der Waals surface area (Å²) in [6, 6.07) is 6.71. The fourth-order valence-electron chi connectivity index (χ4n) is 0.732. The number of hydrogen-bond acceptors (Lipinski definition) is 2. The predicted octanol–water partition coefficient (Wildman–Crippen LogP) is 2.78. The molecule has 1 amide bonds. The number of halogens is 2. The number of ether oxygens (including phenoxy) is 1. The second-order valence-corrected chi connectivity index (χ2v) is 3.50. The molecule has 0 unspecified atom stereocenters. The first kappa shape index (κ1) is 10.9. The van der Waals surface area contributed by atoms with Crippen LogP contribution in [0.1, 0.15) is 0 Å². The summed E-state index contributed by atoms with van der Waals surface area (Å²) in [4.78, 5) is 10.9. The molecule has 1 aromatic carbocycles. The minimum absolute atomic E-state index is 0.325. The fraction of sp³-hybridized carbons (Fsp3) is 0. The number of amides is 1.